The van der Waals surface area contributed by atoms with Crippen molar-refractivity contribution in [3.05, 3.63) is 0 Å². The largest absolute Gasteiger partial charge is 0.371 e. The summed E-state index contributed by atoms with van der Waals surface area (Å²) in [6.45, 7) is 8.27. The molecule has 0 radical (unpaired) electrons. The predicted molar refractivity (Wildman–Crippen MR) is 60.1 cm³/mol. The molecule has 1 rings (SSSR count). The molecular weight excluding hydrogens is 204 g/mol. The second kappa shape index (κ2) is 5.49. The third-order valence-corrected chi connectivity index (χ3v) is 4.14. The highest BCUT2D eigenvalue weighted by Gasteiger charge is 2.31. The molecule has 0 aromatic rings. The molecule has 2 unspecified atom stereocenters. The number of rotatable bonds is 4. The normalized spacial score (nSPS) is 29.1. The van der Waals surface area contributed by atoms with Gasteiger partial charge in [-0.15, -0.1) is 0 Å². The van der Waals surface area contributed by atoms with Gasteiger partial charge in [0.25, 0.3) is 0 Å². The van der Waals surface area contributed by atoms with Gasteiger partial charge in [-0.25, -0.2) is 0 Å². The Bertz CT molecular complexity index is 135. The first-order chi connectivity index (χ1) is 6.09. The lowest BCUT2D eigenvalue weighted by atomic mass is 10.4. The third kappa shape index (κ3) is 4.11. The van der Waals surface area contributed by atoms with E-state index in [1.807, 2.05) is 10.8 Å². The van der Waals surface area contributed by atoms with Crippen LogP contribution in [0.15, 0.2) is 0 Å². The van der Waals surface area contributed by atoms with Crippen molar-refractivity contribution in [2.45, 2.75) is 51.4 Å². The van der Waals surface area contributed by atoms with Gasteiger partial charge in [-0.05, 0) is 27.7 Å². The molecule has 4 heteroatoms. The highest BCUT2D eigenvalue weighted by Crippen LogP contribution is 2.40. The first kappa shape index (κ1) is 11.7. The van der Waals surface area contributed by atoms with E-state index in [0.717, 1.165) is 5.75 Å². The SMILES string of the molecule is CC(C)OC1CSSC1OC(C)C. The maximum atomic E-state index is 5.76. The number of hydrogen-bond acceptors (Lipinski definition) is 4. The van der Waals surface area contributed by atoms with Crippen LogP contribution in [0.5, 0.6) is 0 Å². The maximum Gasteiger partial charge on any atom is 0.140 e. The van der Waals surface area contributed by atoms with Crippen LogP contribution in [0.1, 0.15) is 27.7 Å². The zero-order valence-corrected chi connectivity index (χ0v) is 10.3. The van der Waals surface area contributed by atoms with Gasteiger partial charge in [-0.3, -0.25) is 0 Å². The van der Waals surface area contributed by atoms with Gasteiger partial charge in [-0.1, -0.05) is 21.6 Å². The van der Waals surface area contributed by atoms with Gasteiger partial charge in [-0.2, -0.15) is 0 Å². The summed E-state index contributed by atoms with van der Waals surface area (Å²) in [5.74, 6) is 1.04. The van der Waals surface area contributed by atoms with Crippen molar-refractivity contribution in [2.24, 2.45) is 0 Å². The zero-order valence-electron chi connectivity index (χ0n) is 8.65. The second-order valence-electron chi connectivity index (χ2n) is 3.66. The molecule has 0 aromatic carbocycles. The van der Waals surface area contributed by atoms with Crippen molar-refractivity contribution >= 4 is 21.6 Å². The minimum Gasteiger partial charge on any atom is -0.371 e. The van der Waals surface area contributed by atoms with Crippen molar-refractivity contribution in [3.63, 3.8) is 0 Å². The minimum absolute atomic E-state index is 0.215. The number of hydrogen-bond donors (Lipinski definition) is 0. The van der Waals surface area contributed by atoms with Crippen molar-refractivity contribution < 1.29 is 9.47 Å². The third-order valence-electron chi connectivity index (χ3n) is 1.55. The first-order valence-electron chi connectivity index (χ1n) is 4.68. The van der Waals surface area contributed by atoms with Gasteiger partial charge in [0.05, 0.1) is 12.2 Å². The molecule has 0 N–H and O–H groups in total. The van der Waals surface area contributed by atoms with E-state index in [1.165, 1.54) is 0 Å². The van der Waals surface area contributed by atoms with Crippen molar-refractivity contribution in [1.82, 2.24) is 0 Å². The van der Waals surface area contributed by atoms with Crippen LogP contribution in [0, 0.1) is 0 Å². The summed E-state index contributed by atoms with van der Waals surface area (Å²) in [5.41, 5.74) is 0.215. The molecule has 1 fully saturated rings. The number of ether oxygens (including phenoxy) is 2. The second-order valence-corrected chi connectivity index (χ2v) is 6.17. The summed E-state index contributed by atoms with van der Waals surface area (Å²) in [6.07, 6.45) is 0.842. The Morgan fingerprint density at radius 2 is 1.69 bits per heavy atom. The lowest BCUT2D eigenvalue weighted by Crippen LogP contribution is -2.31. The van der Waals surface area contributed by atoms with Crippen LogP contribution in [-0.2, 0) is 9.47 Å². The highest BCUT2D eigenvalue weighted by atomic mass is 33.1. The van der Waals surface area contributed by atoms with E-state index in [0.29, 0.717) is 6.10 Å². The lowest BCUT2D eigenvalue weighted by Gasteiger charge is -2.22. The Morgan fingerprint density at radius 1 is 1.08 bits per heavy atom. The average Bonchev–Trinajstić information content (AvgIpc) is 2.34. The van der Waals surface area contributed by atoms with Crippen molar-refractivity contribution in [3.8, 4) is 0 Å². The Hall–Kier alpha value is 0.620. The van der Waals surface area contributed by atoms with Gasteiger partial charge >= 0.3 is 0 Å². The molecule has 1 aliphatic rings. The molecule has 13 heavy (non-hydrogen) atoms. The van der Waals surface area contributed by atoms with Crippen LogP contribution in [0.3, 0.4) is 0 Å². The molecule has 0 aliphatic carbocycles. The fraction of sp³-hybridized carbons (Fsp3) is 1.00. The van der Waals surface area contributed by atoms with Crippen molar-refractivity contribution in [1.29, 1.82) is 0 Å². The Balaban J connectivity index is 2.35. The summed E-state index contributed by atoms with van der Waals surface area (Å²) < 4.78 is 11.5. The summed E-state index contributed by atoms with van der Waals surface area (Å²) in [5, 5.41) is 0. The van der Waals surface area contributed by atoms with Crippen LogP contribution in [0.4, 0.5) is 0 Å². The van der Waals surface area contributed by atoms with E-state index in [2.05, 4.69) is 27.7 Å². The quantitative estimate of drug-likeness (QED) is 0.681. The summed E-state index contributed by atoms with van der Waals surface area (Å²) in [7, 11) is 3.63. The van der Waals surface area contributed by atoms with Crippen LogP contribution < -0.4 is 0 Å². The molecule has 1 saturated heterocycles. The Kier molecular flexibility index (Phi) is 4.94. The van der Waals surface area contributed by atoms with Gasteiger partial charge < -0.3 is 9.47 Å². The molecular formula is C9H18O2S2. The van der Waals surface area contributed by atoms with E-state index in [-0.39, 0.29) is 17.6 Å². The van der Waals surface area contributed by atoms with Crippen LogP contribution in [0.2, 0.25) is 0 Å². The molecule has 2 nitrogen and oxygen atoms in total. The van der Waals surface area contributed by atoms with Crippen LogP contribution in [-0.4, -0.2) is 29.5 Å². The van der Waals surface area contributed by atoms with E-state index >= 15 is 0 Å². The fourth-order valence-corrected chi connectivity index (χ4v) is 3.97. The van der Waals surface area contributed by atoms with E-state index in [4.69, 9.17) is 9.47 Å². The molecule has 0 aromatic heterocycles. The fourth-order valence-electron chi connectivity index (χ4n) is 1.15. The minimum atomic E-state index is 0.215. The van der Waals surface area contributed by atoms with E-state index in [9.17, 15) is 0 Å². The predicted octanol–water partition coefficient (Wildman–Crippen LogP) is 2.93. The molecule has 0 bridgehead atoms. The molecule has 2 atom stereocenters. The van der Waals surface area contributed by atoms with Gasteiger partial charge in [0.1, 0.15) is 11.5 Å². The molecule has 0 saturated carbocycles. The van der Waals surface area contributed by atoms with Gasteiger partial charge in [0.15, 0.2) is 0 Å². The summed E-state index contributed by atoms with van der Waals surface area (Å²) in [4.78, 5) is 0. The standard InChI is InChI=1S/C9H18O2S2/c1-6(2)10-8-5-12-13-9(8)11-7(3)4/h6-9H,5H2,1-4H3. The average molecular weight is 222 g/mol. The molecule has 0 spiro atoms. The zero-order chi connectivity index (χ0) is 9.84. The Labute approximate surface area is 88.5 Å². The van der Waals surface area contributed by atoms with E-state index in [1.54, 1.807) is 10.8 Å². The molecule has 1 heterocycles. The molecule has 1 aliphatic heterocycles. The smallest absolute Gasteiger partial charge is 0.140 e. The van der Waals surface area contributed by atoms with Gasteiger partial charge in [0, 0.05) is 5.75 Å². The van der Waals surface area contributed by atoms with Gasteiger partial charge in [0.2, 0.25) is 0 Å². The summed E-state index contributed by atoms with van der Waals surface area (Å²) in [6, 6.07) is 0. The maximum absolute atomic E-state index is 5.76. The molecule has 0 amide bonds. The molecule has 78 valence electrons. The Morgan fingerprint density at radius 3 is 2.23 bits per heavy atom. The monoisotopic (exact) mass is 222 g/mol. The van der Waals surface area contributed by atoms with Crippen molar-refractivity contribution in [2.75, 3.05) is 5.75 Å². The highest BCUT2D eigenvalue weighted by molar-refractivity contribution is 8.77. The van der Waals surface area contributed by atoms with E-state index < -0.39 is 0 Å². The van der Waals surface area contributed by atoms with Crippen LogP contribution in [0.25, 0.3) is 0 Å². The topological polar surface area (TPSA) is 18.5 Å². The summed E-state index contributed by atoms with van der Waals surface area (Å²) >= 11 is 0. The van der Waals surface area contributed by atoms with Crippen LogP contribution >= 0.6 is 21.6 Å². The lowest BCUT2D eigenvalue weighted by molar-refractivity contribution is -0.0608. The first-order valence-corrected chi connectivity index (χ1v) is 7.07.